The maximum absolute atomic E-state index is 13.9. The normalized spacial score (nSPS) is 10.8. The van der Waals surface area contributed by atoms with E-state index >= 15 is 0 Å². The minimum Gasteiger partial charge on any atom is -0.471 e. The molecule has 4 aromatic rings. The Balaban J connectivity index is 1.35. The van der Waals surface area contributed by atoms with Gasteiger partial charge in [0.05, 0.1) is 6.54 Å². The highest BCUT2D eigenvalue weighted by Gasteiger charge is 2.13. The lowest BCUT2D eigenvalue weighted by molar-refractivity contribution is 0.101. The third-order valence-electron chi connectivity index (χ3n) is 4.31. The van der Waals surface area contributed by atoms with Gasteiger partial charge >= 0.3 is 0 Å². The van der Waals surface area contributed by atoms with E-state index in [1.807, 2.05) is 0 Å². The molecule has 0 saturated heterocycles. The molecule has 158 valence electrons. The van der Waals surface area contributed by atoms with Crippen LogP contribution in [0.1, 0.15) is 16.1 Å². The van der Waals surface area contributed by atoms with Gasteiger partial charge in [0.15, 0.2) is 18.2 Å². The number of halogens is 3. The minimum atomic E-state index is -0.463. The Labute approximate surface area is 180 Å². The predicted molar refractivity (Wildman–Crippen MR) is 110 cm³/mol. The van der Waals surface area contributed by atoms with Crippen molar-refractivity contribution in [1.82, 2.24) is 19.6 Å². The van der Waals surface area contributed by atoms with E-state index in [0.29, 0.717) is 16.3 Å². The summed E-state index contributed by atoms with van der Waals surface area (Å²) in [6.45, 7) is 0.174. The van der Waals surface area contributed by atoms with Crippen molar-refractivity contribution in [2.24, 2.45) is 0 Å². The van der Waals surface area contributed by atoms with Crippen molar-refractivity contribution in [2.45, 2.75) is 13.3 Å². The summed E-state index contributed by atoms with van der Waals surface area (Å²) in [5.74, 6) is -0.487. The third-order valence-corrected chi connectivity index (χ3v) is 4.67. The summed E-state index contributed by atoms with van der Waals surface area (Å²) < 4.78 is 35.2. The van der Waals surface area contributed by atoms with Gasteiger partial charge in [0.25, 0.3) is 5.91 Å². The molecule has 2 aromatic heterocycles. The molecule has 10 heteroatoms. The molecule has 7 nitrogen and oxygen atoms in total. The Morgan fingerprint density at radius 1 is 1.00 bits per heavy atom. The van der Waals surface area contributed by atoms with Crippen molar-refractivity contribution in [3.63, 3.8) is 0 Å². The monoisotopic (exact) mass is 443 g/mol. The molecule has 0 spiro atoms. The van der Waals surface area contributed by atoms with Crippen molar-refractivity contribution in [3.8, 4) is 5.75 Å². The van der Waals surface area contributed by atoms with Gasteiger partial charge < -0.3 is 10.1 Å². The number of ether oxygens (including phenoxy) is 1. The quantitative estimate of drug-likeness (QED) is 0.461. The zero-order valence-electron chi connectivity index (χ0n) is 16.0. The maximum atomic E-state index is 13.9. The SMILES string of the molecule is O=C(Nc1ccn(Cc2c(F)cccc2Cl)n1)c1ccn(COc2ccc(F)cc2)n1. The molecule has 0 unspecified atom stereocenters. The molecule has 2 heterocycles. The molecule has 0 aliphatic heterocycles. The number of nitrogens with zero attached hydrogens (tertiary/aromatic N) is 4. The fraction of sp³-hybridized carbons (Fsp3) is 0.0952. The highest BCUT2D eigenvalue weighted by molar-refractivity contribution is 6.31. The fourth-order valence-electron chi connectivity index (χ4n) is 2.77. The smallest absolute Gasteiger partial charge is 0.277 e. The number of carbonyl (C=O) groups excluding carboxylic acids is 1. The molecule has 0 fully saturated rings. The summed E-state index contributed by atoms with van der Waals surface area (Å²) in [5, 5.41) is 11.3. The lowest BCUT2D eigenvalue weighted by atomic mass is 10.2. The molecule has 0 bridgehead atoms. The van der Waals surface area contributed by atoms with Gasteiger partial charge in [0, 0.05) is 29.0 Å². The Kier molecular flexibility index (Phi) is 5.94. The van der Waals surface area contributed by atoms with Crippen LogP contribution in [0.5, 0.6) is 5.75 Å². The molecule has 4 rings (SSSR count). The van der Waals surface area contributed by atoms with E-state index in [9.17, 15) is 13.6 Å². The first kappa shape index (κ1) is 20.5. The average Bonchev–Trinajstić information content (AvgIpc) is 3.40. The molecular weight excluding hydrogens is 428 g/mol. The van der Waals surface area contributed by atoms with E-state index in [1.165, 1.54) is 51.8 Å². The van der Waals surface area contributed by atoms with Gasteiger partial charge in [-0.25, -0.2) is 13.5 Å². The van der Waals surface area contributed by atoms with Gasteiger partial charge in [-0.3, -0.25) is 9.48 Å². The number of nitrogens with one attached hydrogen (secondary N) is 1. The second-order valence-electron chi connectivity index (χ2n) is 6.52. The Hall–Kier alpha value is -3.72. The molecule has 0 aliphatic rings. The van der Waals surface area contributed by atoms with E-state index in [1.54, 1.807) is 24.5 Å². The third kappa shape index (κ3) is 5.07. The van der Waals surface area contributed by atoms with Crippen molar-refractivity contribution < 1.29 is 18.3 Å². The number of hydrogen-bond acceptors (Lipinski definition) is 4. The highest BCUT2D eigenvalue weighted by atomic mass is 35.5. The van der Waals surface area contributed by atoms with Gasteiger partial charge in [-0.1, -0.05) is 17.7 Å². The molecular formula is C21H16ClF2N5O2. The maximum Gasteiger partial charge on any atom is 0.277 e. The lowest BCUT2D eigenvalue weighted by Gasteiger charge is -2.06. The largest absolute Gasteiger partial charge is 0.471 e. The standard InChI is InChI=1S/C21H16ClF2N5O2/c22-17-2-1-3-18(24)16(17)12-28-11-9-20(27-28)25-21(30)19-8-10-29(26-19)13-31-15-6-4-14(23)5-7-15/h1-11H,12-13H2,(H,25,27,30). The Morgan fingerprint density at radius 3 is 2.55 bits per heavy atom. The van der Waals surface area contributed by atoms with Gasteiger partial charge in [-0.2, -0.15) is 10.2 Å². The predicted octanol–water partition coefficient (Wildman–Crippen LogP) is 4.35. The first-order valence-corrected chi connectivity index (χ1v) is 9.55. The van der Waals surface area contributed by atoms with E-state index in [-0.39, 0.29) is 30.6 Å². The summed E-state index contributed by atoms with van der Waals surface area (Å²) in [6, 6.07) is 13.1. The molecule has 0 radical (unpaired) electrons. The molecule has 1 amide bonds. The van der Waals surface area contributed by atoms with Crippen LogP contribution in [0.2, 0.25) is 5.02 Å². The molecule has 0 aliphatic carbocycles. The number of aromatic nitrogens is 4. The molecule has 2 aromatic carbocycles. The number of hydrogen-bond donors (Lipinski definition) is 1. The first-order chi connectivity index (χ1) is 15.0. The number of amides is 1. The first-order valence-electron chi connectivity index (χ1n) is 9.17. The van der Waals surface area contributed by atoms with Crippen LogP contribution in [0.4, 0.5) is 14.6 Å². The Morgan fingerprint density at radius 2 is 1.77 bits per heavy atom. The number of anilines is 1. The summed E-state index contributed by atoms with van der Waals surface area (Å²) in [7, 11) is 0. The van der Waals surface area contributed by atoms with Crippen molar-refractivity contribution in [1.29, 1.82) is 0 Å². The molecule has 0 saturated carbocycles. The van der Waals surface area contributed by atoms with Crippen LogP contribution < -0.4 is 10.1 Å². The van der Waals surface area contributed by atoms with Crippen molar-refractivity contribution in [3.05, 3.63) is 94.9 Å². The van der Waals surface area contributed by atoms with Gasteiger partial charge in [-0.05, 0) is 42.5 Å². The lowest BCUT2D eigenvalue weighted by Crippen LogP contribution is -2.15. The van der Waals surface area contributed by atoms with E-state index in [0.717, 1.165) is 0 Å². The van der Waals surface area contributed by atoms with Crippen LogP contribution in [-0.2, 0) is 13.3 Å². The summed E-state index contributed by atoms with van der Waals surface area (Å²) in [6.07, 6.45) is 3.19. The summed E-state index contributed by atoms with van der Waals surface area (Å²) >= 11 is 6.04. The molecule has 1 N–H and O–H groups in total. The van der Waals surface area contributed by atoms with Gasteiger partial charge in [0.1, 0.15) is 17.4 Å². The fourth-order valence-corrected chi connectivity index (χ4v) is 2.99. The minimum absolute atomic E-state index is 0.0525. The topological polar surface area (TPSA) is 74.0 Å². The highest BCUT2D eigenvalue weighted by Crippen LogP contribution is 2.20. The molecule has 31 heavy (non-hydrogen) atoms. The van der Waals surface area contributed by atoms with Crippen LogP contribution in [0.25, 0.3) is 0 Å². The number of carbonyl (C=O) groups is 1. The van der Waals surface area contributed by atoms with Crippen LogP contribution in [0.15, 0.2) is 67.0 Å². The van der Waals surface area contributed by atoms with Crippen LogP contribution >= 0.6 is 11.6 Å². The van der Waals surface area contributed by atoms with Gasteiger partial charge in [0.2, 0.25) is 0 Å². The van der Waals surface area contributed by atoms with Crippen LogP contribution in [0.3, 0.4) is 0 Å². The Bertz CT molecular complexity index is 1190. The van der Waals surface area contributed by atoms with E-state index < -0.39 is 11.7 Å². The van der Waals surface area contributed by atoms with Crippen molar-refractivity contribution >= 4 is 23.3 Å². The van der Waals surface area contributed by atoms with Crippen molar-refractivity contribution in [2.75, 3.05) is 5.32 Å². The average molecular weight is 444 g/mol. The van der Waals surface area contributed by atoms with Crippen LogP contribution in [-0.4, -0.2) is 25.5 Å². The summed E-state index contributed by atoms with van der Waals surface area (Å²) in [4.78, 5) is 12.4. The van der Waals surface area contributed by atoms with Crippen LogP contribution in [0, 0.1) is 11.6 Å². The zero-order valence-corrected chi connectivity index (χ0v) is 16.8. The zero-order chi connectivity index (χ0) is 21.8. The number of benzene rings is 2. The van der Waals surface area contributed by atoms with E-state index in [4.69, 9.17) is 16.3 Å². The second-order valence-corrected chi connectivity index (χ2v) is 6.93. The molecule has 0 atom stereocenters. The van der Waals surface area contributed by atoms with Gasteiger partial charge in [-0.15, -0.1) is 0 Å². The van der Waals surface area contributed by atoms with E-state index in [2.05, 4.69) is 15.5 Å². The number of rotatable bonds is 7. The summed E-state index contributed by atoms with van der Waals surface area (Å²) in [5.41, 5.74) is 0.472. The second kappa shape index (κ2) is 8.97.